The van der Waals surface area contributed by atoms with Crippen LogP contribution in [-0.4, -0.2) is 22.7 Å². The molecule has 160 valence electrons. The Morgan fingerprint density at radius 2 is 1.97 bits per heavy atom. The fourth-order valence-electron chi connectivity index (χ4n) is 3.32. The summed E-state index contributed by atoms with van der Waals surface area (Å²) in [6, 6.07) is 6.00. The Morgan fingerprint density at radius 3 is 2.50 bits per heavy atom. The van der Waals surface area contributed by atoms with Crippen LogP contribution < -0.4 is 11.1 Å². The van der Waals surface area contributed by atoms with E-state index in [1.165, 1.54) is 37.3 Å². The van der Waals surface area contributed by atoms with Crippen LogP contribution in [0, 0.1) is 22.9 Å². The van der Waals surface area contributed by atoms with Gasteiger partial charge in [0.2, 0.25) is 5.91 Å². The molecule has 0 fully saturated rings. The fourth-order valence-corrected chi connectivity index (χ4v) is 3.56. The van der Waals surface area contributed by atoms with Crippen LogP contribution in [0.4, 0.5) is 10.1 Å². The van der Waals surface area contributed by atoms with E-state index >= 15 is 4.39 Å². The molecule has 3 N–H and O–H groups in total. The van der Waals surface area contributed by atoms with Gasteiger partial charge in [0.15, 0.2) is 5.78 Å². The van der Waals surface area contributed by atoms with Crippen LogP contribution in [0.15, 0.2) is 30.3 Å². The number of nitro groups is 1. The van der Waals surface area contributed by atoms with E-state index in [1.807, 2.05) is 6.92 Å². The zero-order valence-corrected chi connectivity index (χ0v) is 17.6. The van der Waals surface area contributed by atoms with Gasteiger partial charge in [0, 0.05) is 41.3 Å². The molecule has 0 aliphatic rings. The topological polar surface area (TPSA) is 115 Å². The van der Waals surface area contributed by atoms with Crippen molar-refractivity contribution in [2.45, 2.75) is 45.7 Å². The third-order valence-corrected chi connectivity index (χ3v) is 5.10. The van der Waals surface area contributed by atoms with E-state index in [9.17, 15) is 19.7 Å². The largest absolute Gasteiger partial charge is 0.370 e. The quantitative estimate of drug-likeness (QED) is 0.347. The minimum Gasteiger partial charge on any atom is -0.370 e. The molecule has 7 nitrogen and oxygen atoms in total. The van der Waals surface area contributed by atoms with Crippen LogP contribution in [-0.2, 0) is 4.79 Å². The molecule has 0 aliphatic carbocycles. The van der Waals surface area contributed by atoms with Crippen LogP contribution in [0.25, 0.3) is 0 Å². The molecular weight excluding hydrogens is 413 g/mol. The number of hydrogen-bond donors (Lipinski definition) is 2. The maximum atomic E-state index is 15.4. The van der Waals surface area contributed by atoms with Gasteiger partial charge in [-0.15, -0.1) is 0 Å². The molecule has 2 atom stereocenters. The molecule has 0 saturated heterocycles. The number of nitrogens with one attached hydrogen (secondary N) is 1. The maximum Gasteiger partial charge on any atom is 0.272 e. The summed E-state index contributed by atoms with van der Waals surface area (Å²) in [6.07, 6.45) is 0.575. The number of carbonyl (C=O) groups excluding carboxylic acids is 2. The van der Waals surface area contributed by atoms with Gasteiger partial charge in [0.25, 0.3) is 5.69 Å². The lowest BCUT2D eigenvalue weighted by molar-refractivity contribution is -0.385. The minimum absolute atomic E-state index is 0.0581. The Morgan fingerprint density at radius 1 is 1.30 bits per heavy atom. The van der Waals surface area contributed by atoms with E-state index in [1.54, 1.807) is 6.92 Å². The van der Waals surface area contributed by atoms with Gasteiger partial charge >= 0.3 is 0 Å². The molecule has 2 aromatic carbocycles. The van der Waals surface area contributed by atoms with E-state index in [-0.39, 0.29) is 45.4 Å². The number of ketones is 1. The van der Waals surface area contributed by atoms with Crippen LogP contribution in [0.5, 0.6) is 0 Å². The number of benzene rings is 2. The lowest BCUT2D eigenvalue weighted by Gasteiger charge is -2.23. The first-order valence-corrected chi connectivity index (χ1v) is 9.76. The molecular formula is C21H23ClFN3O4. The monoisotopic (exact) mass is 435 g/mol. The predicted molar refractivity (Wildman–Crippen MR) is 112 cm³/mol. The van der Waals surface area contributed by atoms with Gasteiger partial charge in [-0.05, 0) is 38.5 Å². The molecule has 0 saturated carbocycles. The van der Waals surface area contributed by atoms with Gasteiger partial charge in [-0.1, -0.05) is 24.6 Å². The van der Waals surface area contributed by atoms with Crippen LogP contribution in [0.1, 0.15) is 59.8 Å². The molecule has 1 amide bonds. The Hall–Kier alpha value is -2.84. The normalized spacial score (nSPS) is 13.0. The lowest BCUT2D eigenvalue weighted by atomic mass is 9.95. The molecule has 2 aromatic rings. The summed E-state index contributed by atoms with van der Waals surface area (Å²) >= 11 is 6.14. The van der Waals surface area contributed by atoms with Crippen LogP contribution in [0.2, 0.25) is 5.02 Å². The number of nitrogens with two attached hydrogens (primary N) is 1. The third kappa shape index (κ3) is 5.20. The van der Waals surface area contributed by atoms with Crippen molar-refractivity contribution in [3.8, 4) is 0 Å². The van der Waals surface area contributed by atoms with Crippen LogP contribution in [0.3, 0.4) is 0 Å². The Labute approximate surface area is 178 Å². The Kier molecular flexibility index (Phi) is 7.64. The van der Waals surface area contributed by atoms with Crippen molar-refractivity contribution in [3.63, 3.8) is 0 Å². The van der Waals surface area contributed by atoms with E-state index < -0.39 is 28.5 Å². The maximum absolute atomic E-state index is 15.4. The number of halogens is 2. The van der Waals surface area contributed by atoms with Crippen molar-refractivity contribution in [2.75, 3.05) is 0 Å². The highest BCUT2D eigenvalue weighted by atomic mass is 35.5. The summed E-state index contributed by atoms with van der Waals surface area (Å²) in [7, 11) is 0. The Balaban J connectivity index is 2.44. The molecule has 0 aliphatic heterocycles. The molecule has 0 spiro atoms. The molecule has 2 unspecified atom stereocenters. The van der Waals surface area contributed by atoms with E-state index in [0.717, 1.165) is 0 Å². The zero-order chi connectivity index (χ0) is 22.6. The fraction of sp³-hybridized carbons (Fsp3) is 0.333. The van der Waals surface area contributed by atoms with Crippen molar-refractivity contribution in [2.24, 2.45) is 5.73 Å². The van der Waals surface area contributed by atoms with E-state index in [0.29, 0.717) is 6.42 Å². The second-order valence-corrected chi connectivity index (χ2v) is 7.52. The van der Waals surface area contributed by atoms with Gasteiger partial charge in [-0.25, -0.2) is 4.39 Å². The second kappa shape index (κ2) is 9.77. The van der Waals surface area contributed by atoms with Gasteiger partial charge < -0.3 is 11.1 Å². The first-order chi connectivity index (χ1) is 14.1. The van der Waals surface area contributed by atoms with Gasteiger partial charge in [0.1, 0.15) is 5.82 Å². The summed E-state index contributed by atoms with van der Waals surface area (Å²) in [5, 5.41) is 14.1. The summed E-state index contributed by atoms with van der Waals surface area (Å²) in [6.45, 7) is 5.09. The SMILES string of the molecule is CCC(NC(C)CC(N)=O)c1ccc(Cl)c(C(=O)c2ccc([N+](=O)[O-])c(C)c2)c1F. The van der Waals surface area contributed by atoms with Crippen LogP contribution >= 0.6 is 11.6 Å². The molecule has 0 aromatic heterocycles. The predicted octanol–water partition coefficient (Wildman–Crippen LogP) is 4.23. The number of nitro benzene ring substituents is 1. The van der Waals surface area contributed by atoms with Crippen molar-refractivity contribution in [1.29, 1.82) is 0 Å². The van der Waals surface area contributed by atoms with Crippen molar-refractivity contribution in [1.82, 2.24) is 5.32 Å². The number of hydrogen-bond acceptors (Lipinski definition) is 5. The Bertz CT molecular complexity index is 996. The van der Waals surface area contributed by atoms with Crippen molar-refractivity contribution < 1.29 is 18.9 Å². The number of amides is 1. The summed E-state index contributed by atoms with van der Waals surface area (Å²) < 4.78 is 15.4. The first-order valence-electron chi connectivity index (χ1n) is 9.38. The van der Waals surface area contributed by atoms with Gasteiger partial charge in [0.05, 0.1) is 15.5 Å². The van der Waals surface area contributed by atoms with E-state index in [2.05, 4.69) is 5.32 Å². The number of aryl methyl sites for hydroxylation is 1. The highest BCUT2D eigenvalue weighted by Crippen LogP contribution is 2.31. The van der Waals surface area contributed by atoms with Gasteiger partial charge in [-0.2, -0.15) is 0 Å². The molecule has 0 bridgehead atoms. The molecule has 0 radical (unpaired) electrons. The highest BCUT2D eigenvalue weighted by molar-refractivity contribution is 6.35. The smallest absolute Gasteiger partial charge is 0.272 e. The molecule has 9 heteroatoms. The number of carbonyl (C=O) groups is 2. The average Bonchev–Trinajstić information content (AvgIpc) is 2.65. The van der Waals surface area contributed by atoms with Gasteiger partial charge in [-0.3, -0.25) is 19.7 Å². The second-order valence-electron chi connectivity index (χ2n) is 7.11. The summed E-state index contributed by atoms with van der Waals surface area (Å²) in [5.74, 6) is -1.92. The zero-order valence-electron chi connectivity index (χ0n) is 16.9. The van der Waals surface area contributed by atoms with E-state index in [4.69, 9.17) is 17.3 Å². The number of primary amides is 1. The first kappa shape index (κ1) is 23.4. The lowest BCUT2D eigenvalue weighted by Crippen LogP contribution is -2.34. The molecule has 0 heterocycles. The molecule has 30 heavy (non-hydrogen) atoms. The molecule has 2 rings (SSSR count). The summed E-state index contributed by atoms with van der Waals surface area (Å²) in [5.41, 5.74) is 5.39. The number of nitrogens with zero attached hydrogens (tertiary/aromatic N) is 1. The third-order valence-electron chi connectivity index (χ3n) is 4.78. The minimum atomic E-state index is -0.769. The summed E-state index contributed by atoms with van der Waals surface area (Å²) in [4.78, 5) is 34.5. The average molecular weight is 436 g/mol. The van der Waals surface area contributed by atoms with Crippen molar-refractivity contribution >= 4 is 29.0 Å². The number of rotatable bonds is 9. The van der Waals surface area contributed by atoms with Crippen molar-refractivity contribution in [3.05, 3.63) is 73.5 Å². The standard InChI is InChI=1S/C21H23ClFN3O4/c1-4-16(25-12(3)10-18(24)27)14-6-7-15(22)19(20(14)23)21(28)13-5-8-17(26(29)30)11(2)9-13/h5-9,12,16,25H,4,10H2,1-3H3,(H2,24,27). The highest BCUT2D eigenvalue weighted by Gasteiger charge is 2.25.